The normalized spacial score (nSPS) is 10.5. The van der Waals surface area contributed by atoms with Crippen molar-refractivity contribution in [1.29, 1.82) is 0 Å². The number of carbonyl (C=O) groups is 1. The van der Waals surface area contributed by atoms with Crippen molar-refractivity contribution in [3.63, 3.8) is 0 Å². The zero-order valence-electron chi connectivity index (χ0n) is 8.77. The topological polar surface area (TPSA) is 52.3 Å². The predicted molar refractivity (Wildman–Crippen MR) is 59.9 cm³/mol. The van der Waals surface area contributed by atoms with Crippen LogP contribution in [0.1, 0.15) is 23.7 Å². The van der Waals surface area contributed by atoms with E-state index in [9.17, 15) is 4.79 Å². The molecule has 0 aliphatic rings. The Labute approximate surface area is 89.5 Å². The summed E-state index contributed by atoms with van der Waals surface area (Å²) >= 11 is 0. The summed E-state index contributed by atoms with van der Waals surface area (Å²) in [6.45, 7) is 2.51. The Hall–Kier alpha value is -1.77. The third-order valence-electron chi connectivity index (χ3n) is 1.89. The van der Waals surface area contributed by atoms with Gasteiger partial charge in [-0.15, -0.1) is 0 Å². The Morgan fingerprint density at radius 2 is 2.13 bits per heavy atom. The number of primary amides is 1. The van der Waals surface area contributed by atoms with Crippen molar-refractivity contribution >= 4 is 5.91 Å². The van der Waals surface area contributed by atoms with Gasteiger partial charge in [0.15, 0.2) is 0 Å². The van der Waals surface area contributed by atoms with Crippen molar-refractivity contribution in [1.82, 2.24) is 0 Å². The maximum Gasteiger partial charge on any atom is 0.252 e. The van der Waals surface area contributed by atoms with Crippen LogP contribution in [0.5, 0.6) is 5.75 Å². The SMILES string of the molecule is CCC=CCOc1ccccc1C(N)=O. The Balaban J connectivity index is 2.67. The summed E-state index contributed by atoms with van der Waals surface area (Å²) in [6.07, 6.45) is 4.89. The first-order chi connectivity index (χ1) is 7.25. The quantitative estimate of drug-likeness (QED) is 0.748. The average Bonchev–Trinajstić information content (AvgIpc) is 2.25. The molecule has 0 aliphatic heterocycles. The Morgan fingerprint density at radius 1 is 1.40 bits per heavy atom. The second kappa shape index (κ2) is 5.86. The Kier molecular flexibility index (Phi) is 4.41. The lowest BCUT2D eigenvalue weighted by Crippen LogP contribution is -2.12. The van der Waals surface area contributed by atoms with Crippen LogP contribution in [0, 0.1) is 0 Å². The van der Waals surface area contributed by atoms with E-state index in [4.69, 9.17) is 10.5 Å². The van der Waals surface area contributed by atoms with E-state index in [1.807, 2.05) is 25.1 Å². The van der Waals surface area contributed by atoms with Crippen molar-refractivity contribution in [2.75, 3.05) is 6.61 Å². The highest BCUT2D eigenvalue weighted by atomic mass is 16.5. The molecule has 80 valence electrons. The summed E-state index contributed by atoms with van der Waals surface area (Å²) in [5, 5.41) is 0. The summed E-state index contributed by atoms with van der Waals surface area (Å²) in [5.74, 6) is 0.0656. The van der Waals surface area contributed by atoms with E-state index >= 15 is 0 Å². The van der Waals surface area contributed by atoms with E-state index < -0.39 is 5.91 Å². The van der Waals surface area contributed by atoms with Gasteiger partial charge >= 0.3 is 0 Å². The minimum Gasteiger partial charge on any atom is -0.489 e. The molecule has 1 rings (SSSR count). The van der Waals surface area contributed by atoms with Gasteiger partial charge in [-0.3, -0.25) is 4.79 Å². The molecule has 1 aromatic carbocycles. The first-order valence-electron chi connectivity index (χ1n) is 4.92. The summed E-state index contributed by atoms with van der Waals surface area (Å²) < 4.78 is 5.41. The van der Waals surface area contributed by atoms with E-state index in [0.717, 1.165) is 6.42 Å². The zero-order chi connectivity index (χ0) is 11.1. The van der Waals surface area contributed by atoms with Crippen LogP contribution >= 0.6 is 0 Å². The van der Waals surface area contributed by atoms with Gasteiger partial charge in [0.2, 0.25) is 0 Å². The number of ether oxygens (including phenoxy) is 1. The summed E-state index contributed by atoms with van der Waals surface area (Å²) in [4.78, 5) is 11.0. The van der Waals surface area contributed by atoms with Crippen molar-refractivity contribution in [2.45, 2.75) is 13.3 Å². The van der Waals surface area contributed by atoms with E-state index in [-0.39, 0.29) is 0 Å². The van der Waals surface area contributed by atoms with Crippen LogP contribution < -0.4 is 10.5 Å². The molecule has 1 amide bonds. The monoisotopic (exact) mass is 205 g/mol. The molecule has 0 radical (unpaired) electrons. The minimum atomic E-state index is -0.468. The van der Waals surface area contributed by atoms with Crippen LogP contribution in [0.25, 0.3) is 0 Å². The minimum absolute atomic E-state index is 0.419. The molecule has 0 bridgehead atoms. The van der Waals surface area contributed by atoms with Crippen molar-refractivity contribution < 1.29 is 9.53 Å². The van der Waals surface area contributed by atoms with E-state index in [1.54, 1.807) is 18.2 Å². The molecule has 15 heavy (non-hydrogen) atoms. The Morgan fingerprint density at radius 3 is 2.80 bits per heavy atom. The maximum atomic E-state index is 11.0. The van der Waals surface area contributed by atoms with Crippen molar-refractivity contribution in [3.05, 3.63) is 42.0 Å². The highest BCUT2D eigenvalue weighted by Crippen LogP contribution is 2.16. The molecule has 2 N–H and O–H groups in total. The van der Waals surface area contributed by atoms with Crippen LogP contribution in [-0.4, -0.2) is 12.5 Å². The number of amides is 1. The number of benzene rings is 1. The average molecular weight is 205 g/mol. The number of hydrogen-bond acceptors (Lipinski definition) is 2. The summed E-state index contributed by atoms with van der Waals surface area (Å²) in [7, 11) is 0. The van der Waals surface area contributed by atoms with Crippen molar-refractivity contribution in [2.24, 2.45) is 5.73 Å². The number of hydrogen-bond donors (Lipinski definition) is 1. The molecule has 0 aliphatic carbocycles. The van der Waals surface area contributed by atoms with Crippen molar-refractivity contribution in [3.8, 4) is 5.75 Å². The fraction of sp³-hybridized carbons (Fsp3) is 0.250. The van der Waals surface area contributed by atoms with Gasteiger partial charge in [-0.25, -0.2) is 0 Å². The third kappa shape index (κ3) is 3.46. The smallest absolute Gasteiger partial charge is 0.252 e. The molecule has 0 fully saturated rings. The van der Waals surface area contributed by atoms with Gasteiger partial charge in [-0.1, -0.05) is 31.2 Å². The molecule has 0 unspecified atom stereocenters. The number of para-hydroxylation sites is 1. The van der Waals surface area contributed by atoms with Crippen LogP contribution in [0.15, 0.2) is 36.4 Å². The van der Waals surface area contributed by atoms with E-state index in [0.29, 0.717) is 17.9 Å². The molecular weight excluding hydrogens is 190 g/mol. The van der Waals surface area contributed by atoms with Gasteiger partial charge in [-0.2, -0.15) is 0 Å². The first kappa shape index (κ1) is 11.3. The first-order valence-corrected chi connectivity index (χ1v) is 4.92. The van der Waals surface area contributed by atoms with Crippen LogP contribution in [0.4, 0.5) is 0 Å². The lowest BCUT2D eigenvalue weighted by molar-refractivity contribution is 0.0997. The molecule has 3 nitrogen and oxygen atoms in total. The number of allylic oxidation sites excluding steroid dienone is 1. The lowest BCUT2D eigenvalue weighted by Gasteiger charge is -2.06. The standard InChI is InChI=1S/C12H15NO2/c1-2-3-6-9-15-11-8-5-4-7-10(11)12(13)14/h3-8H,2,9H2,1H3,(H2,13,14). The lowest BCUT2D eigenvalue weighted by atomic mass is 10.2. The van der Waals surface area contributed by atoms with Gasteiger partial charge in [0.25, 0.3) is 5.91 Å². The highest BCUT2D eigenvalue weighted by Gasteiger charge is 2.06. The second-order valence-electron chi connectivity index (χ2n) is 3.05. The molecule has 0 aromatic heterocycles. The molecule has 0 heterocycles. The van der Waals surface area contributed by atoms with Crippen LogP contribution in [0.3, 0.4) is 0 Å². The molecule has 0 saturated carbocycles. The molecule has 0 saturated heterocycles. The summed E-state index contributed by atoms with van der Waals surface area (Å²) in [6, 6.07) is 6.96. The zero-order valence-corrected chi connectivity index (χ0v) is 8.77. The third-order valence-corrected chi connectivity index (χ3v) is 1.89. The molecule has 0 spiro atoms. The molecule has 1 aromatic rings. The number of nitrogens with two attached hydrogens (primary N) is 1. The summed E-state index contributed by atoms with van der Waals surface area (Å²) in [5.41, 5.74) is 5.63. The largest absolute Gasteiger partial charge is 0.489 e. The Bertz CT molecular complexity index is 358. The second-order valence-corrected chi connectivity index (χ2v) is 3.05. The van der Waals surface area contributed by atoms with Gasteiger partial charge in [0.05, 0.1) is 5.56 Å². The maximum absolute atomic E-state index is 11.0. The highest BCUT2D eigenvalue weighted by molar-refractivity contribution is 5.95. The molecule has 0 atom stereocenters. The van der Waals surface area contributed by atoms with E-state index in [2.05, 4.69) is 0 Å². The molecule has 3 heteroatoms. The van der Waals surface area contributed by atoms with Gasteiger partial charge < -0.3 is 10.5 Å². The predicted octanol–water partition coefficient (Wildman–Crippen LogP) is 2.13. The van der Waals surface area contributed by atoms with Crippen LogP contribution in [0.2, 0.25) is 0 Å². The van der Waals surface area contributed by atoms with Gasteiger partial charge in [0, 0.05) is 0 Å². The van der Waals surface area contributed by atoms with Gasteiger partial charge in [-0.05, 0) is 18.6 Å². The van der Waals surface area contributed by atoms with Crippen LogP contribution in [-0.2, 0) is 0 Å². The number of rotatable bonds is 5. The van der Waals surface area contributed by atoms with E-state index in [1.165, 1.54) is 0 Å². The fourth-order valence-corrected chi connectivity index (χ4v) is 1.17. The molecular formula is C12H15NO2. The van der Waals surface area contributed by atoms with Gasteiger partial charge in [0.1, 0.15) is 12.4 Å². The fourth-order valence-electron chi connectivity index (χ4n) is 1.17. The number of carbonyl (C=O) groups excluding carboxylic acids is 1.